The largest absolute Gasteiger partial charge is 0.344 e. The van der Waals surface area contributed by atoms with Gasteiger partial charge in [0, 0.05) is 29.0 Å². The number of benzene rings is 1. The molecule has 1 aliphatic rings. The van der Waals surface area contributed by atoms with Gasteiger partial charge < -0.3 is 15.2 Å². The number of ketones is 1. The third-order valence-corrected chi connectivity index (χ3v) is 6.89. The minimum atomic E-state index is -0.622. The second kappa shape index (κ2) is 9.10. The van der Waals surface area contributed by atoms with Gasteiger partial charge in [-0.3, -0.25) is 14.4 Å². The average Bonchev–Trinajstić information content (AvgIpc) is 2.91. The zero-order valence-electron chi connectivity index (χ0n) is 19.7. The van der Waals surface area contributed by atoms with Crippen molar-refractivity contribution >= 4 is 34.9 Å². The summed E-state index contributed by atoms with van der Waals surface area (Å²) in [5.41, 5.74) is 2.86. The first kappa shape index (κ1) is 24.1. The van der Waals surface area contributed by atoms with Crippen LogP contribution in [0.3, 0.4) is 0 Å². The number of hydrogen-bond donors (Lipinski definition) is 2. The third kappa shape index (κ3) is 4.90. The monoisotopic (exact) mass is 457 g/mol. The molecule has 1 saturated carbocycles. The molecule has 0 aliphatic heterocycles. The molecule has 172 valence electrons. The molecule has 32 heavy (non-hydrogen) atoms. The minimum absolute atomic E-state index is 0.236. The summed E-state index contributed by atoms with van der Waals surface area (Å²) in [4.78, 5) is 39.0. The van der Waals surface area contributed by atoms with E-state index in [4.69, 9.17) is 11.6 Å². The summed E-state index contributed by atoms with van der Waals surface area (Å²) in [6.45, 7) is 9.57. The number of aryl methyl sites for hydroxylation is 1. The van der Waals surface area contributed by atoms with Gasteiger partial charge >= 0.3 is 0 Å². The van der Waals surface area contributed by atoms with Crippen LogP contribution < -0.4 is 10.6 Å². The van der Waals surface area contributed by atoms with E-state index in [0.29, 0.717) is 33.4 Å². The molecule has 1 fully saturated rings. The van der Waals surface area contributed by atoms with Crippen LogP contribution in [0.5, 0.6) is 0 Å². The molecule has 0 radical (unpaired) electrons. The summed E-state index contributed by atoms with van der Waals surface area (Å²) < 4.78 is 1.63. The Morgan fingerprint density at radius 1 is 1.09 bits per heavy atom. The zero-order chi connectivity index (χ0) is 23.8. The molecule has 7 heteroatoms. The predicted octanol–water partition coefficient (Wildman–Crippen LogP) is 5.12. The lowest BCUT2D eigenvalue weighted by Gasteiger charge is -2.36. The Kier molecular flexibility index (Phi) is 6.84. The van der Waals surface area contributed by atoms with E-state index < -0.39 is 11.7 Å². The standard InChI is InChI=1S/C25H32ClN3O3/c1-14-7-9-25(5,10-8-14)28-24(32)22(30)21-16(3)20(17(4)29(21)6)23(31)27-19-12-15(2)11-18(26)13-19/h11-14H,7-10H2,1-6H3,(H,27,31)(H,28,32). The number of anilines is 1. The van der Waals surface area contributed by atoms with Gasteiger partial charge in [0.25, 0.3) is 17.6 Å². The van der Waals surface area contributed by atoms with Crippen LogP contribution in [-0.2, 0) is 11.8 Å². The van der Waals surface area contributed by atoms with Crippen molar-refractivity contribution in [2.24, 2.45) is 13.0 Å². The molecule has 2 N–H and O–H groups in total. The number of nitrogens with one attached hydrogen (secondary N) is 2. The van der Waals surface area contributed by atoms with Crippen LogP contribution in [0.1, 0.15) is 77.2 Å². The molecule has 1 heterocycles. The summed E-state index contributed by atoms with van der Waals surface area (Å²) in [7, 11) is 1.70. The molecule has 0 unspecified atom stereocenters. The third-order valence-electron chi connectivity index (χ3n) is 6.67. The molecule has 2 amide bonds. The number of halogens is 1. The molecule has 1 aliphatic carbocycles. The molecule has 0 saturated heterocycles. The topological polar surface area (TPSA) is 80.2 Å². The summed E-state index contributed by atoms with van der Waals surface area (Å²) in [5.74, 6) is -0.948. The van der Waals surface area contributed by atoms with Gasteiger partial charge in [0.2, 0.25) is 0 Å². The quantitative estimate of drug-likeness (QED) is 0.482. The lowest BCUT2D eigenvalue weighted by atomic mass is 9.78. The second-order valence-electron chi connectivity index (χ2n) is 9.49. The number of Topliss-reactive ketones (excluding diaryl/α,β-unsaturated/α-hetero) is 1. The maximum Gasteiger partial charge on any atom is 0.294 e. The molecular formula is C25H32ClN3O3. The SMILES string of the molecule is Cc1cc(Cl)cc(NC(=O)c2c(C)c(C(=O)C(=O)NC3(C)CCC(C)CC3)n(C)c2C)c1. The highest BCUT2D eigenvalue weighted by Gasteiger charge is 2.35. The number of hydrogen-bond acceptors (Lipinski definition) is 3. The van der Waals surface area contributed by atoms with Crippen molar-refractivity contribution in [3.63, 3.8) is 0 Å². The van der Waals surface area contributed by atoms with Crippen LogP contribution in [0, 0.1) is 26.7 Å². The van der Waals surface area contributed by atoms with Gasteiger partial charge in [-0.25, -0.2) is 0 Å². The van der Waals surface area contributed by atoms with Crippen molar-refractivity contribution in [3.8, 4) is 0 Å². The lowest BCUT2D eigenvalue weighted by molar-refractivity contribution is -0.119. The summed E-state index contributed by atoms with van der Waals surface area (Å²) in [5, 5.41) is 6.35. The van der Waals surface area contributed by atoms with Crippen LogP contribution in [0.2, 0.25) is 5.02 Å². The first-order valence-electron chi connectivity index (χ1n) is 11.0. The molecule has 0 spiro atoms. The molecule has 3 rings (SSSR count). The molecule has 1 aromatic carbocycles. The van der Waals surface area contributed by atoms with Crippen LogP contribution in [0.4, 0.5) is 5.69 Å². The molecular weight excluding hydrogens is 426 g/mol. The van der Waals surface area contributed by atoms with E-state index in [-0.39, 0.29) is 17.1 Å². The molecule has 2 aromatic rings. The second-order valence-corrected chi connectivity index (χ2v) is 9.93. The van der Waals surface area contributed by atoms with Gasteiger partial charge in [-0.15, -0.1) is 0 Å². The van der Waals surface area contributed by atoms with Crippen molar-refractivity contribution in [1.82, 2.24) is 9.88 Å². The fourth-order valence-corrected chi connectivity index (χ4v) is 4.89. The highest BCUT2D eigenvalue weighted by molar-refractivity contribution is 6.43. The van der Waals surface area contributed by atoms with E-state index in [1.165, 1.54) is 0 Å². The molecule has 1 aromatic heterocycles. The van der Waals surface area contributed by atoms with Crippen LogP contribution in [0.25, 0.3) is 0 Å². The van der Waals surface area contributed by atoms with Gasteiger partial charge in [0.1, 0.15) is 0 Å². The zero-order valence-corrected chi connectivity index (χ0v) is 20.4. The number of carbonyl (C=O) groups is 3. The minimum Gasteiger partial charge on any atom is -0.344 e. The van der Waals surface area contributed by atoms with Crippen LogP contribution in [0.15, 0.2) is 18.2 Å². The Morgan fingerprint density at radius 3 is 2.31 bits per heavy atom. The van der Waals surface area contributed by atoms with Crippen molar-refractivity contribution in [2.45, 2.75) is 65.8 Å². The Labute approximate surface area is 194 Å². The maximum atomic E-state index is 13.1. The number of amides is 2. The first-order chi connectivity index (χ1) is 14.9. The highest BCUT2D eigenvalue weighted by Crippen LogP contribution is 2.32. The Morgan fingerprint density at radius 2 is 1.72 bits per heavy atom. The number of carbonyl (C=O) groups excluding carboxylic acids is 3. The van der Waals surface area contributed by atoms with Crippen LogP contribution >= 0.6 is 11.6 Å². The summed E-state index contributed by atoms with van der Waals surface area (Å²) >= 11 is 6.10. The lowest BCUT2D eigenvalue weighted by Crippen LogP contribution is -2.50. The van der Waals surface area contributed by atoms with Gasteiger partial charge in [0.05, 0.1) is 11.3 Å². The smallest absolute Gasteiger partial charge is 0.294 e. The Balaban J connectivity index is 1.84. The van der Waals surface area contributed by atoms with Gasteiger partial charge in [-0.1, -0.05) is 18.5 Å². The van der Waals surface area contributed by atoms with E-state index in [2.05, 4.69) is 17.6 Å². The first-order valence-corrected chi connectivity index (χ1v) is 11.4. The Hall–Kier alpha value is -2.60. The van der Waals surface area contributed by atoms with Crippen LogP contribution in [-0.4, -0.2) is 27.7 Å². The number of nitrogens with zero attached hydrogens (tertiary/aromatic N) is 1. The van der Waals surface area contributed by atoms with Gasteiger partial charge in [-0.2, -0.15) is 0 Å². The van der Waals surface area contributed by atoms with Crippen molar-refractivity contribution in [3.05, 3.63) is 51.3 Å². The number of aromatic nitrogens is 1. The molecule has 0 atom stereocenters. The fourth-order valence-electron chi connectivity index (χ4n) is 4.60. The average molecular weight is 458 g/mol. The molecule has 6 nitrogen and oxygen atoms in total. The van der Waals surface area contributed by atoms with E-state index in [0.717, 1.165) is 31.2 Å². The number of rotatable bonds is 5. The predicted molar refractivity (Wildman–Crippen MR) is 128 cm³/mol. The summed E-state index contributed by atoms with van der Waals surface area (Å²) in [6.07, 6.45) is 3.76. The summed E-state index contributed by atoms with van der Waals surface area (Å²) in [6, 6.07) is 5.30. The molecule has 0 bridgehead atoms. The maximum absolute atomic E-state index is 13.1. The fraction of sp³-hybridized carbons (Fsp3) is 0.480. The van der Waals surface area contributed by atoms with E-state index in [1.54, 1.807) is 37.6 Å². The van der Waals surface area contributed by atoms with Gasteiger partial charge in [-0.05, 0) is 88.6 Å². The Bertz CT molecular complexity index is 1060. The highest BCUT2D eigenvalue weighted by atomic mass is 35.5. The van der Waals surface area contributed by atoms with E-state index >= 15 is 0 Å². The van der Waals surface area contributed by atoms with Crippen molar-refractivity contribution in [1.29, 1.82) is 0 Å². The normalized spacial score (nSPS) is 20.7. The van der Waals surface area contributed by atoms with E-state index in [1.807, 2.05) is 19.9 Å². The van der Waals surface area contributed by atoms with Crippen molar-refractivity contribution < 1.29 is 14.4 Å². The van der Waals surface area contributed by atoms with Crippen molar-refractivity contribution in [2.75, 3.05) is 5.32 Å². The van der Waals surface area contributed by atoms with E-state index in [9.17, 15) is 14.4 Å². The van der Waals surface area contributed by atoms with Gasteiger partial charge in [0.15, 0.2) is 0 Å².